The molecule has 0 saturated heterocycles. The summed E-state index contributed by atoms with van der Waals surface area (Å²) in [7, 11) is 0. The van der Waals surface area contributed by atoms with Crippen molar-refractivity contribution in [2.24, 2.45) is 0 Å². The molecule has 1 aromatic carbocycles. The third kappa shape index (κ3) is 4.60. The quantitative estimate of drug-likeness (QED) is 0.506. The molecular weight excluding hydrogens is 378 g/mol. The smallest absolute Gasteiger partial charge is 0.246 e. The normalized spacial score (nSPS) is 11.1. The number of rotatable bonds is 7. The molecule has 3 rings (SSSR count). The van der Waals surface area contributed by atoms with Crippen molar-refractivity contribution in [3.05, 3.63) is 63.4 Å². The summed E-state index contributed by atoms with van der Waals surface area (Å²) < 4.78 is 2.79. The van der Waals surface area contributed by atoms with Gasteiger partial charge in [0.25, 0.3) is 0 Å². The number of para-hydroxylation sites is 1. The van der Waals surface area contributed by atoms with Gasteiger partial charge in [0.1, 0.15) is 0 Å². The van der Waals surface area contributed by atoms with Gasteiger partial charge >= 0.3 is 0 Å². The lowest BCUT2D eigenvalue weighted by Gasteiger charge is -2.18. The second kappa shape index (κ2) is 8.90. The van der Waals surface area contributed by atoms with Crippen molar-refractivity contribution in [3.63, 3.8) is 0 Å². The fourth-order valence-electron chi connectivity index (χ4n) is 3.00. The van der Waals surface area contributed by atoms with Crippen LogP contribution in [-0.2, 0) is 17.9 Å². The van der Waals surface area contributed by atoms with Crippen LogP contribution in [0.15, 0.2) is 48.7 Å². The summed E-state index contributed by atoms with van der Waals surface area (Å²) in [5.41, 5.74) is 2.05. The van der Waals surface area contributed by atoms with Gasteiger partial charge in [-0.05, 0) is 31.2 Å². The van der Waals surface area contributed by atoms with Crippen LogP contribution in [0.3, 0.4) is 0 Å². The highest BCUT2D eigenvalue weighted by atomic mass is 35.5. The van der Waals surface area contributed by atoms with Gasteiger partial charge in [-0.3, -0.25) is 4.79 Å². The lowest BCUT2D eigenvalue weighted by Crippen LogP contribution is -2.28. The van der Waals surface area contributed by atoms with Crippen molar-refractivity contribution in [3.8, 4) is 6.07 Å². The monoisotopic (exact) mass is 397 g/mol. The van der Waals surface area contributed by atoms with Crippen molar-refractivity contribution in [1.29, 1.82) is 5.26 Å². The first-order chi connectivity index (χ1) is 13.1. The molecule has 1 amide bonds. The molecular formula is C21H20ClN3OS. The van der Waals surface area contributed by atoms with Crippen molar-refractivity contribution >= 4 is 45.8 Å². The van der Waals surface area contributed by atoms with E-state index in [1.54, 1.807) is 11.0 Å². The summed E-state index contributed by atoms with van der Waals surface area (Å²) in [4.78, 5) is 15.5. The van der Waals surface area contributed by atoms with Crippen molar-refractivity contribution in [1.82, 2.24) is 9.47 Å². The fourth-order valence-corrected chi connectivity index (χ4v) is 4.10. The first-order valence-corrected chi connectivity index (χ1v) is 9.98. The average molecular weight is 398 g/mol. The predicted molar refractivity (Wildman–Crippen MR) is 112 cm³/mol. The lowest BCUT2D eigenvalue weighted by atomic mass is 10.1. The van der Waals surface area contributed by atoms with Gasteiger partial charge in [0.05, 0.1) is 23.4 Å². The molecule has 2 heterocycles. The van der Waals surface area contributed by atoms with E-state index in [0.29, 0.717) is 26.1 Å². The lowest BCUT2D eigenvalue weighted by molar-refractivity contribution is -0.126. The molecule has 27 heavy (non-hydrogen) atoms. The van der Waals surface area contributed by atoms with Gasteiger partial charge < -0.3 is 9.47 Å². The molecule has 6 heteroatoms. The van der Waals surface area contributed by atoms with Crippen molar-refractivity contribution in [2.45, 2.75) is 26.4 Å². The summed E-state index contributed by atoms with van der Waals surface area (Å²) in [5.74, 6) is -0.0316. The third-order valence-corrected chi connectivity index (χ3v) is 5.57. The predicted octanol–water partition coefficient (Wildman–Crippen LogP) is 5.33. The number of hydrogen-bond donors (Lipinski definition) is 0. The largest absolute Gasteiger partial charge is 0.346 e. The minimum absolute atomic E-state index is 0.0316. The molecule has 0 atom stereocenters. The number of hydrogen-bond acceptors (Lipinski definition) is 3. The second-order valence-electron chi connectivity index (χ2n) is 6.09. The minimum Gasteiger partial charge on any atom is -0.346 e. The second-order valence-corrected chi connectivity index (χ2v) is 7.89. The number of aryl methyl sites for hydroxylation is 1. The topological polar surface area (TPSA) is 49.0 Å². The summed E-state index contributed by atoms with van der Waals surface area (Å²) in [6.07, 6.45) is 5.93. The summed E-state index contributed by atoms with van der Waals surface area (Å²) in [6, 6.07) is 14.0. The molecule has 0 unspecified atom stereocenters. The molecule has 0 spiro atoms. The molecule has 2 aromatic heterocycles. The molecule has 0 saturated carbocycles. The number of carbonyl (C=O) groups excluding carboxylic acids is 1. The number of halogens is 1. The van der Waals surface area contributed by atoms with Crippen LogP contribution < -0.4 is 0 Å². The number of aromatic nitrogens is 1. The van der Waals surface area contributed by atoms with Gasteiger partial charge in [-0.25, -0.2) is 0 Å². The first kappa shape index (κ1) is 19.2. The van der Waals surface area contributed by atoms with E-state index in [0.717, 1.165) is 25.7 Å². The standard InChI is InChI=1S/C21H20ClN3OS/c1-2-24(15-17-9-10-20(22)27-17)21(26)11-8-16-14-25(13-5-12-23)19-7-4-3-6-18(16)19/h3-4,6-11,14H,2,5,13,15H2,1H3/b11-8+. The van der Waals surface area contributed by atoms with Gasteiger partial charge in [-0.15, -0.1) is 11.3 Å². The number of benzene rings is 1. The van der Waals surface area contributed by atoms with E-state index < -0.39 is 0 Å². The summed E-state index contributed by atoms with van der Waals surface area (Å²) in [6.45, 7) is 3.79. The Morgan fingerprint density at radius 1 is 1.33 bits per heavy atom. The molecule has 0 fully saturated rings. The molecule has 0 aliphatic heterocycles. The molecule has 0 aliphatic carbocycles. The van der Waals surface area contributed by atoms with Crippen LogP contribution in [0.25, 0.3) is 17.0 Å². The Labute approximate surface area is 167 Å². The molecule has 0 radical (unpaired) electrons. The SMILES string of the molecule is CCN(Cc1ccc(Cl)s1)C(=O)/C=C/c1cn(CCC#N)c2ccccc12. The number of carbonyl (C=O) groups is 1. The zero-order valence-corrected chi connectivity index (χ0v) is 16.6. The Balaban J connectivity index is 1.80. The maximum atomic E-state index is 12.6. The molecule has 138 valence electrons. The van der Waals surface area contributed by atoms with E-state index in [1.165, 1.54) is 11.3 Å². The Kier molecular flexibility index (Phi) is 6.33. The molecule has 0 N–H and O–H groups in total. The molecule has 0 bridgehead atoms. The fraction of sp³-hybridized carbons (Fsp3) is 0.238. The van der Waals surface area contributed by atoms with Crippen LogP contribution in [0.2, 0.25) is 4.34 Å². The molecule has 0 aliphatic rings. The van der Waals surface area contributed by atoms with Gasteiger partial charge in [0.15, 0.2) is 0 Å². The molecule has 3 aromatic rings. The van der Waals surface area contributed by atoms with Crippen LogP contribution in [0.5, 0.6) is 0 Å². The van der Waals surface area contributed by atoms with Crippen molar-refractivity contribution in [2.75, 3.05) is 6.54 Å². The first-order valence-electron chi connectivity index (χ1n) is 8.78. The van der Waals surface area contributed by atoms with Crippen molar-refractivity contribution < 1.29 is 4.79 Å². The zero-order chi connectivity index (χ0) is 19.2. The van der Waals surface area contributed by atoms with Gasteiger partial charge in [0, 0.05) is 46.7 Å². The van der Waals surface area contributed by atoms with E-state index in [-0.39, 0.29) is 5.91 Å². The van der Waals surface area contributed by atoms with Crippen LogP contribution in [0, 0.1) is 11.3 Å². The van der Waals surface area contributed by atoms with Gasteiger partial charge in [-0.2, -0.15) is 5.26 Å². The maximum Gasteiger partial charge on any atom is 0.246 e. The van der Waals surface area contributed by atoms with Crippen LogP contribution >= 0.6 is 22.9 Å². The van der Waals surface area contributed by atoms with Crippen LogP contribution in [-0.4, -0.2) is 21.9 Å². The third-order valence-electron chi connectivity index (χ3n) is 4.36. The minimum atomic E-state index is -0.0316. The average Bonchev–Trinajstić information content (AvgIpc) is 3.25. The number of likely N-dealkylation sites (N-methyl/N-ethyl adjacent to an activating group) is 1. The molecule has 4 nitrogen and oxygen atoms in total. The number of nitrogens with zero attached hydrogens (tertiary/aromatic N) is 3. The Morgan fingerprint density at radius 3 is 2.85 bits per heavy atom. The van der Waals surface area contributed by atoms with E-state index in [2.05, 4.69) is 10.6 Å². The highest BCUT2D eigenvalue weighted by molar-refractivity contribution is 7.16. The summed E-state index contributed by atoms with van der Waals surface area (Å²) in [5, 5.41) is 9.93. The van der Waals surface area contributed by atoms with E-state index in [9.17, 15) is 4.79 Å². The van der Waals surface area contributed by atoms with Crippen LogP contribution in [0.1, 0.15) is 23.8 Å². The highest BCUT2D eigenvalue weighted by Gasteiger charge is 2.11. The van der Waals surface area contributed by atoms with E-state index in [1.807, 2.05) is 55.6 Å². The Hall–Kier alpha value is -2.55. The number of thiophene rings is 1. The van der Waals surface area contributed by atoms with E-state index in [4.69, 9.17) is 16.9 Å². The Morgan fingerprint density at radius 2 is 2.15 bits per heavy atom. The Bertz CT molecular complexity index is 1010. The maximum absolute atomic E-state index is 12.6. The van der Waals surface area contributed by atoms with Gasteiger partial charge in [-0.1, -0.05) is 29.8 Å². The highest BCUT2D eigenvalue weighted by Crippen LogP contribution is 2.24. The summed E-state index contributed by atoms with van der Waals surface area (Å²) >= 11 is 7.47. The zero-order valence-electron chi connectivity index (χ0n) is 15.1. The number of nitriles is 1. The van der Waals surface area contributed by atoms with E-state index >= 15 is 0 Å². The number of fused-ring (bicyclic) bond motifs is 1. The number of amides is 1. The van der Waals surface area contributed by atoms with Crippen LogP contribution in [0.4, 0.5) is 0 Å². The van der Waals surface area contributed by atoms with Gasteiger partial charge in [0.2, 0.25) is 5.91 Å².